The minimum atomic E-state index is -1.29. The second-order valence-electron chi connectivity index (χ2n) is 8.12. The molecule has 0 aliphatic carbocycles. The molecule has 0 spiro atoms. The van der Waals surface area contributed by atoms with Gasteiger partial charge in [0.2, 0.25) is 4.80 Å². The number of nitrogens with one attached hydrogen (secondary N) is 2. The number of aryl methyl sites for hydroxylation is 1. The second kappa shape index (κ2) is 10.2. The van der Waals surface area contributed by atoms with Gasteiger partial charge in [-0.1, -0.05) is 5.16 Å². The standard InChI is InChI=1S/C20H19N9O7S3/c1-26-20(34)28-10(23-26)3-4-11(24-28)37-5-8-6-38-17-13(16(31)27(17)14(8)18(32)33)22-15(30)12(25-36-2)9-7-39-19(21)29(9)35/h3-4,7,13,17,21,35H,5-6H2,1-2H3,(H,22,30)(H,32,33)/t13-,17+/m1/s1. The molecule has 2 aliphatic rings. The Balaban J connectivity index is 1.33. The van der Waals surface area contributed by atoms with Gasteiger partial charge in [0.05, 0.1) is 0 Å². The third-order valence-electron chi connectivity index (χ3n) is 5.77. The minimum Gasteiger partial charge on any atom is -0.477 e. The largest absolute Gasteiger partial charge is 0.477 e. The summed E-state index contributed by atoms with van der Waals surface area (Å²) in [6.07, 6.45) is 0. The molecule has 39 heavy (non-hydrogen) atoms. The van der Waals surface area contributed by atoms with Gasteiger partial charge in [-0.25, -0.2) is 14.3 Å². The molecule has 0 unspecified atom stereocenters. The SMILES string of the molecule is CON=C(C(=O)N[C@@H]1C(=O)N2C(C(=O)O)=C(CSc3ccc4nn(C)c(=O)n4n3)CS[C@@H]12)c1csc(=N)n1O. The highest BCUT2D eigenvalue weighted by Crippen LogP contribution is 2.41. The van der Waals surface area contributed by atoms with Crippen LogP contribution < -0.4 is 15.8 Å². The van der Waals surface area contributed by atoms with Crippen molar-refractivity contribution in [2.24, 2.45) is 12.2 Å². The summed E-state index contributed by atoms with van der Waals surface area (Å²) >= 11 is 3.35. The summed E-state index contributed by atoms with van der Waals surface area (Å²) in [6, 6.07) is 2.25. The fraction of sp³-hybridized carbons (Fsp3) is 0.300. The number of carboxylic acids is 1. The Morgan fingerprint density at radius 1 is 1.33 bits per heavy atom. The predicted octanol–water partition coefficient (Wildman–Crippen LogP) is -1.11. The number of aromatic nitrogens is 5. The average molecular weight is 594 g/mol. The van der Waals surface area contributed by atoms with Gasteiger partial charge in [0.25, 0.3) is 11.8 Å². The fourth-order valence-electron chi connectivity index (χ4n) is 3.96. The molecular weight excluding hydrogens is 574 g/mol. The molecule has 204 valence electrons. The van der Waals surface area contributed by atoms with Crippen LogP contribution in [-0.2, 0) is 26.3 Å². The van der Waals surface area contributed by atoms with Crippen molar-refractivity contribution >= 4 is 64.0 Å². The Kier molecular flexibility index (Phi) is 6.95. The van der Waals surface area contributed by atoms with Gasteiger partial charge in [0.1, 0.15) is 34.9 Å². The lowest BCUT2D eigenvalue weighted by molar-refractivity contribution is -0.150. The number of rotatable bonds is 8. The van der Waals surface area contributed by atoms with E-state index in [9.17, 15) is 29.5 Å². The van der Waals surface area contributed by atoms with Crippen LogP contribution in [-0.4, -0.2) is 92.9 Å². The molecule has 0 aromatic carbocycles. The molecule has 19 heteroatoms. The van der Waals surface area contributed by atoms with Crippen LogP contribution in [0.3, 0.4) is 0 Å². The van der Waals surface area contributed by atoms with E-state index >= 15 is 0 Å². The van der Waals surface area contributed by atoms with Gasteiger partial charge in [-0.2, -0.15) is 14.3 Å². The molecule has 1 fully saturated rings. The fourth-order valence-corrected chi connectivity index (χ4v) is 6.94. The number of amides is 2. The molecule has 0 radical (unpaired) electrons. The summed E-state index contributed by atoms with van der Waals surface area (Å²) in [4.78, 5) is 55.8. The molecule has 2 atom stereocenters. The van der Waals surface area contributed by atoms with Crippen LogP contribution in [0.1, 0.15) is 5.69 Å². The summed E-state index contributed by atoms with van der Waals surface area (Å²) in [7, 11) is 2.70. The number of β-lactam (4-membered cyclic amide) rings is 1. The minimum absolute atomic E-state index is 0.102. The van der Waals surface area contributed by atoms with Gasteiger partial charge in [0.15, 0.2) is 11.4 Å². The van der Waals surface area contributed by atoms with Crippen LogP contribution in [0.5, 0.6) is 0 Å². The van der Waals surface area contributed by atoms with E-state index in [-0.39, 0.29) is 33.4 Å². The van der Waals surface area contributed by atoms with Crippen molar-refractivity contribution in [1.29, 1.82) is 5.41 Å². The maximum atomic E-state index is 13.0. The summed E-state index contributed by atoms with van der Waals surface area (Å²) in [5.41, 5.74) is -0.187. The number of hydrogen-bond acceptors (Lipinski definition) is 13. The summed E-state index contributed by atoms with van der Waals surface area (Å²) in [5.74, 6) is -2.28. The maximum absolute atomic E-state index is 13.0. The van der Waals surface area contributed by atoms with E-state index < -0.39 is 34.9 Å². The van der Waals surface area contributed by atoms with Crippen LogP contribution in [0.4, 0.5) is 0 Å². The van der Waals surface area contributed by atoms with Crippen molar-refractivity contribution in [3.63, 3.8) is 0 Å². The lowest BCUT2D eigenvalue weighted by Gasteiger charge is -2.49. The first-order chi connectivity index (χ1) is 18.6. The second-order valence-corrected chi connectivity index (χ2v) is 11.1. The molecule has 0 saturated carbocycles. The van der Waals surface area contributed by atoms with Gasteiger partial charge in [-0.3, -0.25) is 19.9 Å². The first-order valence-corrected chi connectivity index (χ1v) is 13.9. The molecule has 2 amide bonds. The third-order valence-corrected chi connectivity index (χ3v) is 8.86. The lowest BCUT2D eigenvalue weighted by Crippen LogP contribution is -2.71. The highest BCUT2D eigenvalue weighted by atomic mass is 32.2. The van der Waals surface area contributed by atoms with E-state index in [1.807, 2.05) is 0 Å². The molecule has 5 rings (SSSR count). The number of aliphatic carboxylic acids is 1. The van der Waals surface area contributed by atoms with Gasteiger partial charge >= 0.3 is 11.7 Å². The van der Waals surface area contributed by atoms with Gasteiger partial charge < -0.3 is 20.5 Å². The van der Waals surface area contributed by atoms with Crippen LogP contribution in [0.25, 0.3) is 5.65 Å². The zero-order chi connectivity index (χ0) is 28.0. The van der Waals surface area contributed by atoms with E-state index in [2.05, 4.69) is 20.7 Å². The van der Waals surface area contributed by atoms with Crippen molar-refractivity contribution in [3.05, 3.63) is 49.8 Å². The Morgan fingerprint density at radius 3 is 2.77 bits per heavy atom. The molecule has 5 heterocycles. The Bertz CT molecular complexity index is 1700. The van der Waals surface area contributed by atoms with Crippen LogP contribution in [0.15, 0.2) is 43.8 Å². The lowest BCUT2D eigenvalue weighted by atomic mass is 10.0. The molecule has 1 saturated heterocycles. The molecule has 16 nitrogen and oxygen atoms in total. The highest BCUT2D eigenvalue weighted by molar-refractivity contribution is 8.01. The highest BCUT2D eigenvalue weighted by Gasteiger charge is 2.54. The number of hydrogen-bond donors (Lipinski definition) is 4. The molecular formula is C20H19N9O7S3. The molecule has 3 aromatic rings. The van der Waals surface area contributed by atoms with Crippen molar-refractivity contribution in [2.75, 3.05) is 18.6 Å². The predicted molar refractivity (Wildman–Crippen MR) is 138 cm³/mol. The number of nitrogens with zero attached hydrogens (tertiary/aromatic N) is 7. The first kappa shape index (κ1) is 26.5. The summed E-state index contributed by atoms with van der Waals surface area (Å²) in [6.45, 7) is 0. The Morgan fingerprint density at radius 2 is 2.10 bits per heavy atom. The smallest absolute Gasteiger partial charge is 0.366 e. The number of carboxylic acid groups (broad SMARTS) is 1. The zero-order valence-electron chi connectivity index (χ0n) is 20.1. The number of thiazole rings is 1. The number of carbonyl (C=O) groups is 3. The maximum Gasteiger partial charge on any atom is 0.366 e. The normalized spacial score (nSPS) is 19.2. The number of thioether (sulfide) groups is 2. The monoisotopic (exact) mass is 593 g/mol. The number of oxime groups is 1. The van der Waals surface area contributed by atoms with Gasteiger partial charge in [-0.05, 0) is 17.7 Å². The van der Waals surface area contributed by atoms with E-state index in [0.717, 1.165) is 25.4 Å². The Hall–Kier alpha value is -4.10. The van der Waals surface area contributed by atoms with Crippen molar-refractivity contribution in [3.8, 4) is 0 Å². The van der Waals surface area contributed by atoms with Gasteiger partial charge in [-0.15, -0.1) is 40.0 Å². The van der Waals surface area contributed by atoms with Crippen LogP contribution in [0.2, 0.25) is 0 Å². The van der Waals surface area contributed by atoms with E-state index in [1.165, 1.54) is 43.1 Å². The van der Waals surface area contributed by atoms with Crippen molar-refractivity contribution in [1.82, 2.24) is 34.3 Å². The Labute approximate surface area is 230 Å². The van der Waals surface area contributed by atoms with E-state index in [1.54, 1.807) is 12.1 Å². The van der Waals surface area contributed by atoms with E-state index in [0.29, 0.717) is 21.0 Å². The molecule has 2 aliphatic heterocycles. The zero-order valence-corrected chi connectivity index (χ0v) is 22.5. The van der Waals surface area contributed by atoms with Crippen molar-refractivity contribution < 1.29 is 29.5 Å². The quantitative estimate of drug-likeness (QED) is 0.0809. The average Bonchev–Trinajstić information content (AvgIpc) is 3.40. The number of carbonyl (C=O) groups excluding carboxylic acids is 2. The molecule has 0 bridgehead atoms. The topological polar surface area (TPSA) is 210 Å². The summed E-state index contributed by atoms with van der Waals surface area (Å²) in [5, 5.41) is 43.1. The van der Waals surface area contributed by atoms with Crippen LogP contribution >= 0.6 is 34.9 Å². The number of fused-ring (bicyclic) bond motifs is 2. The van der Waals surface area contributed by atoms with Crippen molar-refractivity contribution in [2.45, 2.75) is 16.4 Å². The molecule has 4 N–H and O–H groups in total. The molecule has 3 aromatic heterocycles. The van der Waals surface area contributed by atoms with Crippen LogP contribution in [0, 0.1) is 5.41 Å². The van der Waals surface area contributed by atoms with Gasteiger partial charge in [0, 0.05) is 23.9 Å². The summed E-state index contributed by atoms with van der Waals surface area (Å²) < 4.78 is 2.76. The van der Waals surface area contributed by atoms with E-state index in [4.69, 9.17) is 10.2 Å². The first-order valence-electron chi connectivity index (χ1n) is 10.9. The third kappa shape index (κ3) is 4.57.